The van der Waals surface area contributed by atoms with E-state index >= 15 is 0 Å². The monoisotopic (exact) mass is 436 g/mol. The molecule has 0 aliphatic heterocycles. The predicted molar refractivity (Wildman–Crippen MR) is 94.0 cm³/mol. The second kappa shape index (κ2) is 6.50. The van der Waals surface area contributed by atoms with Crippen molar-refractivity contribution in [1.29, 1.82) is 0 Å². The van der Waals surface area contributed by atoms with Crippen molar-refractivity contribution < 1.29 is 14.1 Å². The van der Waals surface area contributed by atoms with Crippen LogP contribution in [0.25, 0.3) is 11.1 Å². The molecule has 0 aliphatic rings. The fourth-order valence-corrected chi connectivity index (χ4v) is 3.33. The van der Waals surface area contributed by atoms with Crippen LogP contribution in [0.15, 0.2) is 21.3 Å². The van der Waals surface area contributed by atoms with Crippen molar-refractivity contribution in [3.63, 3.8) is 0 Å². The molecule has 0 spiro atoms. The number of fused-ring (bicyclic) bond motifs is 1. The highest BCUT2D eigenvalue weighted by Gasteiger charge is 2.18. The summed E-state index contributed by atoms with van der Waals surface area (Å²) in [7, 11) is -1.21. The summed E-state index contributed by atoms with van der Waals surface area (Å²) in [6.07, 6.45) is 0. The molecule has 120 valence electrons. The summed E-state index contributed by atoms with van der Waals surface area (Å²) in [6.45, 7) is 7.30. The fourth-order valence-electron chi connectivity index (χ4n) is 1.87. The predicted octanol–water partition coefficient (Wildman–Crippen LogP) is 3.42. The van der Waals surface area contributed by atoms with Crippen LogP contribution in [0.2, 0.25) is 25.7 Å². The lowest BCUT2D eigenvalue weighted by Gasteiger charge is -2.15. The molecule has 22 heavy (non-hydrogen) atoms. The highest BCUT2D eigenvalue weighted by molar-refractivity contribution is 14.1. The molecular formula is C13H17IN2O5Si. The van der Waals surface area contributed by atoms with E-state index in [1.54, 1.807) is 0 Å². The number of hydrogen-bond donors (Lipinski definition) is 0. The lowest BCUT2D eigenvalue weighted by Crippen LogP contribution is -2.23. The van der Waals surface area contributed by atoms with Crippen molar-refractivity contribution in [2.24, 2.45) is 0 Å². The Morgan fingerprint density at radius 2 is 2.09 bits per heavy atom. The number of oxazole rings is 1. The van der Waals surface area contributed by atoms with Gasteiger partial charge in [0.15, 0.2) is 5.58 Å². The van der Waals surface area contributed by atoms with Gasteiger partial charge in [0.05, 0.1) is 8.49 Å². The Balaban J connectivity index is 2.27. The minimum atomic E-state index is -1.21. The first kappa shape index (κ1) is 17.2. The van der Waals surface area contributed by atoms with E-state index in [1.807, 2.05) is 22.6 Å². The van der Waals surface area contributed by atoms with Gasteiger partial charge in [-0.25, -0.2) is 9.36 Å². The van der Waals surface area contributed by atoms with E-state index in [9.17, 15) is 14.9 Å². The molecule has 0 fully saturated rings. The summed E-state index contributed by atoms with van der Waals surface area (Å²) in [5.41, 5.74) is 0.662. The second-order valence-corrected chi connectivity index (χ2v) is 13.0. The molecule has 0 saturated carbocycles. The van der Waals surface area contributed by atoms with Gasteiger partial charge in [-0.2, -0.15) is 0 Å². The molecule has 2 aromatic rings. The molecule has 9 heteroatoms. The Morgan fingerprint density at radius 3 is 2.68 bits per heavy atom. The van der Waals surface area contributed by atoms with Gasteiger partial charge in [0, 0.05) is 26.8 Å². The molecule has 0 atom stereocenters. The molecule has 1 aromatic carbocycles. The SMILES string of the molecule is C[Si](C)(C)CCOCn1c(=O)oc2c(I)cc([N+](=O)[O-])cc21. The number of hydrogen-bond acceptors (Lipinski definition) is 5. The molecule has 1 heterocycles. The molecule has 1 aromatic heterocycles. The van der Waals surface area contributed by atoms with Gasteiger partial charge in [0.2, 0.25) is 0 Å². The summed E-state index contributed by atoms with van der Waals surface area (Å²) in [5, 5.41) is 10.9. The van der Waals surface area contributed by atoms with Gasteiger partial charge >= 0.3 is 5.76 Å². The zero-order valence-electron chi connectivity index (χ0n) is 12.6. The summed E-state index contributed by atoms with van der Waals surface area (Å²) in [6, 6.07) is 3.70. The Bertz CT molecular complexity index is 762. The van der Waals surface area contributed by atoms with E-state index in [1.165, 1.54) is 16.7 Å². The number of aromatic nitrogens is 1. The maximum atomic E-state index is 11.9. The minimum absolute atomic E-state index is 0.0353. The molecule has 0 radical (unpaired) electrons. The van der Waals surface area contributed by atoms with Crippen LogP contribution in [0.5, 0.6) is 0 Å². The lowest BCUT2D eigenvalue weighted by atomic mass is 10.3. The fraction of sp³-hybridized carbons (Fsp3) is 0.462. The van der Waals surface area contributed by atoms with Gasteiger partial charge < -0.3 is 9.15 Å². The highest BCUT2D eigenvalue weighted by atomic mass is 127. The van der Waals surface area contributed by atoms with E-state index in [-0.39, 0.29) is 12.4 Å². The Labute approximate surface area is 141 Å². The van der Waals surface area contributed by atoms with Crippen LogP contribution in [0.3, 0.4) is 0 Å². The molecule has 0 N–H and O–H groups in total. The quantitative estimate of drug-likeness (QED) is 0.228. The number of nitro groups is 1. The standard InChI is InChI=1S/C13H17IN2O5Si/c1-22(2,3)5-4-20-8-15-11-7-9(16(18)19)6-10(14)12(11)21-13(15)17/h6-7H,4-5,8H2,1-3H3. The van der Waals surface area contributed by atoms with E-state index in [2.05, 4.69) is 19.6 Å². The molecule has 0 unspecified atom stereocenters. The van der Waals surface area contributed by atoms with Crippen LogP contribution in [0.4, 0.5) is 5.69 Å². The third-order valence-corrected chi connectivity index (χ3v) is 5.64. The van der Waals surface area contributed by atoms with Gasteiger partial charge in [-0.1, -0.05) is 19.6 Å². The van der Waals surface area contributed by atoms with E-state index < -0.39 is 18.8 Å². The van der Waals surface area contributed by atoms with Crippen molar-refractivity contribution in [3.05, 3.63) is 36.4 Å². The smallest absolute Gasteiger partial charge is 0.406 e. The molecule has 2 rings (SSSR count). The van der Waals surface area contributed by atoms with Crippen LogP contribution in [-0.2, 0) is 11.5 Å². The van der Waals surface area contributed by atoms with Crippen molar-refractivity contribution in [3.8, 4) is 0 Å². The van der Waals surface area contributed by atoms with Crippen LogP contribution in [0, 0.1) is 13.7 Å². The number of non-ortho nitro benzene ring substituents is 1. The third-order valence-electron chi connectivity index (χ3n) is 3.14. The second-order valence-electron chi connectivity index (χ2n) is 6.18. The molecular weight excluding hydrogens is 419 g/mol. The first-order valence-electron chi connectivity index (χ1n) is 6.74. The topological polar surface area (TPSA) is 87.5 Å². The Hall–Kier alpha value is -1.20. The number of nitro benzene ring substituents is 1. The van der Waals surface area contributed by atoms with Crippen LogP contribution in [-0.4, -0.2) is 24.2 Å². The maximum absolute atomic E-state index is 11.9. The zero-order chi connectivity index (χ0) is 16.5. The summed E-state index contributed by atoms with van der Waals surface area (Å²) < 4.78 is 12.5. The van der Waals surface area contributed by atoms with E-state index in [4.69, 9.17) is 9.15 Å². The first-order chi connectivity index (χ1) is 10.2. The lowest BCUT2D eigenvalue weighted by molar-refractivity contribution is -0.384. The van der Waals surface area contributed by atoms with Crippen LogP contribution < -0.4 is 5.76 Å². The highest BCUT2D eigenvalue weighted by Crippen LogP contribution is 2.26. The molecule has 0 aliphatic carbocycles. The van der Waals surface area contributed by atoms with Gasteiger partial charge in [0.25, 0.3) is 5.69 Å². The average molecular weight is 436 g/mol. The number of halogens is 1. The molecule has 0 saturated heterocycles. The van der Waals surface area contributed by atoms with Gasteiger partial charge in [-0.3, -0.25) is 10.1 Å². The molecule has 0 amide bonds. The largest absolute Gasteiger partial charge is 0.421 e. The van der Waals surface area contributed by atoms with Crippen LogP contribution >= 0.6 is 22.6 Å². The van der Waals surface area contributed by atoms with E-state index in [0.29, 0.717) is 21.3 Å². The number of benzene rings is 1. The number of ether oxygens (including phenoxy) is 1. The Morgan fingerprint density at radius 1 is 1.41 bits per heavy atom. The van der Waals surface area contributed by atoms with Gasteiger partial charge in [-0.05, 0) is 28.6 Å². The summed E-state index contributed by atoms with van der Waals surface area (Å²) >= 11 is 1.92. The summed E-state index contributed by atoms with van der Waals surface area (Å²) in [4.78, 5) is 22.4. The van der Waals surface area contributed by atoms with Gasteiger partial charge in [-0.15, -0.1) is 0 Å². The van der Waals surface area contributed by atoms with Crippen molar-refractivity contribution in [2.45, 2.75) is 32.4 Å². The zero-order valence-corrected chi connectivity index (χ0v) is 15.7. The molecule has 7 nitrogen and oxygen atoms in total. The first-order valence-corrected chi connectivity index (χ1v) is 11.5. The Kier molecular flexibility index (Phi) is 5.07. The summed E-state index contributed by atoms with van der Waals surface area (Å²) in [5.74, 6) is -0.568. The molecule has 0 bridgehead atoms. The van der Waals surface area contributed by atoms with Crippen LogP contribution in [0.1, 0.15) is 0 Å². The number of rotatable bonds is 6. The average Bonchev–Trinajstić information content (AvgIpc) is 2.70. The normalized spacial score (nSPS) is 12.0. The van der Waals surface area contributed by atoms with E-state index in [0.717, 1.165) is 6.04 Å². The number of nitrogens with zero attached hydrogens (tertiary/aromatic N) is 2. The van der Waals surface area contributed by atoms with Crippen molar-refractivity contribution >= 4 is 47.5 Å². The van der Waals surface area contributed by atoms with Crippen molar-refractivity contribution in [1.82, 2.24) is 4.57 Å². The maximum Gasteiger partial charge on any atom is 0.421 e. The van der Waals surface area contributed by atoms with Crippen molar-refractivity contribution in [2.75, 3.05) is 6.61 Å². The third kappa shape index (κ3) is 3.96. The minimum Gasteiger partial charge on any atom is -0.406 e. The van der Waals surface area contributed by atoms with Gasteiger partial charge in [0.1, 0.15) is 12.2 Å².